The summed E-state index contributed by atoms with van der Waals surface area (Å²) in [6.07, 6.45) is 0.967. The molecule has 1 saturated heterocycles. The van der Waals surface area contributed by atoms with Gasteiger partial charge in [0.25, 0.3) is 0 Å². The highest BCUT2D eigenvalue weighted by molar-refractivity contribution is 5.73. The largest absolute Gasteiger partial charge is 0.737 e. The number of hydrazine groups is 1. The molecule has 7 nitrogen and oxygen atoms in total. The van der Waals surface area contributed by atoms with E-state index in [-0.39, 0.29) is 11.5 Å². The van der Waals surface area contributed by atoms with Crippen LogP contribution >= 0.6 is 0 Å². The highest BCUT2D eigenvalue weighted by atomic mass is 16.6. The van der Waals surface area contributed by atoms with Crippen molar-refractivity contribution >= 4 is 5.97 Å². The fraction of sp³-hybridized carbons (Fsp3) is 0.800. The van der Waals surface area contributed by atoms with Crippen molar-refractivity contribution in [1.82, 2.24) is 5.01 Å². The average Bonchev–Trinajstić information content (AvgIpc) is 2.50. The van der Waals surface area contributed by atoms with Crippen molar-refractivity contribution in [3.63, 3.8) is 0 Å². The van der Waals surface area contributed by atoms with Gasteiger partial charge in [0.05, 0.1) is 6.54 Å². The van der Waals surface area contributed by atoms with Crippen molar-refractivity contribution < 1.29 is 14.9 Å². The zero-order valence-electron chi connectivity index (χ0n) is 6.21. The van der Waals surface area contributed by atoms with Crippen molar-refractivity contribution in [3.8, 4) is 0 Å². The second kappa shape index (κ2) is 3.24. The summed E-state index contributed by atoms with van der Waals surface area (Å²) in [5.41, 5.74) is 0. The Bertz CT molecular complexity index is 217. The van der Waals surface area contributed by atoms with Gasteiger partial charge < -0.3 is 15.5 Å². The van der Waals surface area contributed by atoms with Crippen LogP contribution in [0.15, 0.2) is 5.28 Å². The lowest BCUT2D eigenvalue weighted by molar-refractivity contribution is -0.691. The Labute approximate surface area is 68.0 Å². The predicted octanol–water partition coefficient (Wildman–Crippen LogP) is -0.0893. The summed E-state index contributed by atoms with van der Waals surface area (Å²) in [7, 11) is 0. The van der Waals surface area contributed by atoms with Gasteiger partial charge in [0, 0.05) is 4.97 Å². The maximum absolute atomic E-state index is 10.6. The first-order valence-electron chi connectivity index (χ1n) is 3.46. The minimum Gasteiger partial charge on any atom is -0.737 e. The molecule has 0 aromatic carbocycles. The summed E-state index contributed by atoms with van der Waals surface area (Å²) >= 11 is 0. The molecule has 1 N–H and O–H groups in total. The molecule has 0 aliphatic carbocycles. The molecule has 1 heterocycles. The van der Waals surface area contributed by atoms with Gasteiger partial charge in [-0.15, -0.1) is 5.01 Å². The molecule has 12 heavy (non-hydrogen) atoms. The van der Waals surface area contributed by atoms with E-state index in [9.17, 15) is 15.2 Å². The quantitative estimate of drug-likeness (QED) is 0.358. The molecule has 1 aliphatic rings. The van der Waals surface area contributed by atoms with Gasteiger partial charge in [-0.1, -0.05) is 0 Å². The first-order chi connectivity index (χ1) is 5.66. The van der Waals surface area contributed by atoms with Gasteiger partial charge in [0.15, 0.2) is 6.04 Å². The second-order valence-corrected chi connectivity index (χ2v) is 2.49. The van der Waals surface area contributed by atoms with Crippen molar-refractivity contribution in [2.75, 3.05) is 6.54 Å². The second-order valence-electron chi connectivity index (χ2n) is 2.49. The van der Waals surface area contributed by atoms with Gasteiger partial charge in [-0.25, -0.2) is 4.79 Å². The van der Waals surface area contributed by atoms with E-state index in [1.54, 1.807) is 0 Å². The van der Waals surface area contributed by atoms with Crippen LogP contribution in [0.1, 0.15) is 12.8 Å². The molecule has 0 aromatic rings. The normalized spacial score (nSPS) is 24.5. The van der Waals surface area contributed by atoms with Crippen LogP contribution in [0.25, 0.3) is 0 Å². The Balaban J connectivity index is 2.70. The van der Waals surface area contributed by atoms with Gasteiger partial charge in [-0.05, 0) is 18.1 Å². The molecule has 0 radical (unpaired) electrons. The van der Waals surface area contributed by atoms with E-state index < -0.39 is 12.0 Å². The highest BCUT2D eigenvalue weighted by Gasteiger charge is 2.35. The first kappa shape index (κ1) is 8.57. The lowest BCUT2D eigenvalue weighted by Crippen LogP contribution is -2.40. The number of carboxylic acid groups (broad SMARTS) is 1. The Morgan fingerprint density at radius 2 is 2.42 bits per heavy atom. The van der Waals surface area contributed by atoms with Crippen LogP contribution in [0.3, 0.4) is 0 Å². The molecule has 1 fully saturated rings. The molecule has 7 heteroatoms. The van der Waals surface area contributed by atoms with Crippen LogP contribution in [0.4, 0.5) is 0 Å². The molecule has 68 valence electrons. The van der Waals surface area contributed by atoms with Crippen LogP contribution < -0.4 is 0 Å². The number of hydrogen-bond donors (Lipinski definition) is 1. The minimum absolute atomic E-state index is 0.203. The summed E-state index contributed by atoms with van der Waals surface area (Å²) in [5, 5.41) is 32.0. The topological polar surface area (TPSA) is 102 Å². The molecule has 1 aliphatic heterocycles. The third kappa shape index (κ3) is 1.39. The molecule has 0 spiro atoms. The predicted molar refractivity (Wildman–Crippen MR) is 36.8 cm³/mol. The molecule has 0 amide bonds. The van der Waals surface area contributed by atoms with Gasteiger partial charge in [-0.2, -0.15) is 0 Å². The van der Waals surface area contributed by atoms with Crippen LogP contribution in [-0.2, 0) is 4.79 Å². The van der Waals surface area contributed by atoms with Crippen molar-refractivity contribution in [2.45, 2.75) is 18.9 Å². The fourth-order valence-electron chi connectivity index (χ4n) is 1.25. The maximum Gasteiger partial charge on any atom is 0.332 e. The molecule has 0 saturated carbocycles. The number of hydrogen-bond acceptors (Lipinski definition) is 4. The Morgan fingerprint density at radius 3 is 2.92 bits per heavy atom. The SMILES string of the molecule is O=C(O)C1CCCN1/[N+]([O-])=N/[O-]. The first-order valence-corrected chi connectivity index (χ1v) is 3.46. The van der Waals surface area contributed by atoms with Crippen molar-refractivity contribution in [2.24, 2.45) is 5.28 Å². The van der Waals surface area contributed by atoms with Gasteiger partial charge in [0.1, 0.15) is 0 Å². The number of nitrogens with zero attached hydrogens (tertiary/aromatic N) is 3. The van der Waals surface area contributed by atoms with E-state index >= 15 is 0 Å². The summed E-state index contributed by atoms with van der Waals surface area (Å²) in [6.45, 7) is 0.270. The van der Waals surface area contributed by atoms with E-state index in [0.29, 0.717) is 12.8 Å². The summed E-state index contributed by atoms with van der Waals surface area (Å²) in [6, 6.07) is -0.903. The molecule has 1 unspecified atom stereocenters. The smallest absolute Gasteiger partial charge is 0.332 e. The molecule has 1 atom stereocenters. The lowest BCUT2D eigenvalue weighted by Gasteiger charge is -2.17. The summed E-state index contributed by atoms with van der Waals surface area (Å²) in [5.74, 6) is -1.10. The molecule has 0 bridgehead atoms. The van der Waals surface area contributed by atoms with E-state index in [4.69, 9.17) is 5.11 Å². The maximum atomic E-state index is 10.6. The Morgan fingerprint density at radius 1 is 1.75 bits per heavy atom. The number of aliphatic carboxylic acids is 1. The third-order valence-corrected chi connectivity index (χ3v) is 1.80. The highest BCUT2D eigenvalue weighted by Crippen LogP contribution is 2.16. The third-order valence-electron chi connectivity index (χ3n) is 1.80. The van der Waals surface area contributed by atoms with E-state index in [1.807, 2.05) is 0 Å². The van der Waals surface area contributed by atoms with Crippen molar-refractivity contribution in [1.29, 1.82) is 0 Å². The van der Waals surface area contributed by atoms with Gasteiger partial charge >= 0.3 is 5.97 Å². The van der Waals surface area contributed by atoms with Crippen LogP contribution in [0.5, 0.6) is 0 Å². The molecular weight excluding hydrogens is 166 g/mol. The van der Waals surface area contributed by atoms with Crippen LogP contribution in [0, 0.1) is 10.4 Å². The van der Waals surface area contributed by atoms with Crippen LogP contribution in [0.2, 0.25) is 0 Å². The Kier molecular flexibility index (Phi) is 2.32. The zero-order chi connectivity index (χ0) is 9.14. The summed E-state index contributed by atoms with van der Waals surface area (Å²) < 4.78 is 0. The lowest BCUT2D eigenvalue weighted by atomic mass is 10.2. The van der Waals surface area contributed by atoms with Gasteiger partial charge in [0.2, 0.25) is 0 Å². The van der Waals surface area contributed by atoms with Crippen LogP contribution in [-0.4, -0.2) is 33.6 Å². The molecule has 1 rings (SSSR count). The minimum atomic E-state index is -1.10. The van der Waals surface area contributed by atoms with E-state index in [1.165, 1.54) is 0 Å². The Hall–Kier alpha value is -1.53. The van der Waals surface area contributed by atoms with Gasteiger partial charge in [-0.3, -0.25) is 0 Å². The fourth-order valence-corrected chi connectivity index (χ4v) is 1.25. The molecule has 0 aromatic heterocycles. The van der Waals surface area contributed by atoms with E-state index in [2.05, 4.69) is 5.28 Å². The van der Waals surface area contributed by atoms with E-state index in [0.717, 1.165) is 5.01 Å². The number of carboxylic acids is 1. The van der Waals surface area contributed by atoms with Crippen molar-refractivity contribution in [3.05, 3.63) is 10.4 Å². The number of carbonyl (C=O) groups is 1. The summed E-state index contributed by atoms with van der Waals surface area (Å²) in [4.78, 5) is 10.3. The number of rotatable bonds is 2. The zero-order valence-corrected chi connectivity index (χ0v) is 6.21. The standard InChI is InChI=1S/C5H9N3O4/c9-5(10)4-2-1-3-7(4)8(12)6-11/h4,11H,1-3H2,(H,9,10)/p-1/b8-6-. The average molecular weight is 174 g/mol. The molecular formula is C5H8N3O4-. The monoisotopic (exact) mass is 174 g/mol.